The molecule has 0 atom stereocenters. The van der Waals surface area contributed by atoms with Gasteiger partial charge in [0, 0.05) is 0 Å². The number of hydrogen-bond donors (Lipinski definition) is 0. The average molecular weight is 461 g/mol. The summed E-state index contributed by atoms with van der Waals surface area (Å²) in [5, 5.41) is 11.1. The smallest absolute Gasteiger partial charge is 0.00234 e. The molecule has 0 N–H and O–H groups in total. The third kappa shape index (κ3) is 3.53. The van der Waals surface area contributed by atoms with Crippen molar-refractivity contribution in [2.24, 2.45) is 0 Å². The summed E-state index contributed by atoms with van der Waals surface area (Å²) in [5.41, 5.74) is 5.82. The van der Waals surface area contributed by atoms with Crippen molar-refractivity contribution in [2.75, 3.05) is 0 Å². The first-order valence-corrected chi connectivity index (χ1v) is 13.0. The van der Waals surface area contributed by atoms with Crippen LogP contribution in [-0.2, 0) is 25.7 Å². The zero-order valence-electron chi connectivity index (χ0n) is 20.4. The van der Waals surface area contributed by atoms with Gasteiger partial charge in [0.2, 0.25) is 0 Å². The lowest BCUT2D eigenvalue weighted by Crippen LogP contribution is -2.03. The highest BCUT2D eigenvalue weighted by Crippen LogP contribution is 2.43. The fraction of sp³-hybridized carbons (Fsp3) is 0.111. The molecule has 0 aliphatic heterocycles. The van der Waals surface area contributed by atoms with Gasteiger partial charge in [-0.05, 0) is 91.0 Å². The topological polar surface area (TPSA) is 0 Å². The lowest BCUT2D eigenvalue weighted by molar-refractivity contribution is 0.904. The van der Waals surface area contributed by atoms with E-state index in [2.05, 4.69) is 121 Å². The Bertz CT molecular complexity index is 1810. The second-order valence-electron chi connectivity index (χ2n) is 9.97. The van der Waals surface area contributed by atoms with E-state index in [1.807, 2.05) is 0 Å². The average Bonchev–Trinajstić information content (AvgIpc) is 2.94. The molecule has 0 fully saturated rings. The van der Waals surface area contributed by atoms with Crippen molar-refractivity contribution < 1.29 is 0 Å². The van der Waals surface area contributed by atoms with Gasteiger partial charge in [-0.1, -0.05) is 121 Å². The highest BCUT2D eigenvalue weighted by molar-refractivity contribution is 6.33. The van der Waals surface area contributed by atoms with E-state index in [1.165, 1.54) is 65.3 Å². The number of rotatable bonds is 6. The standard InChI is InChI=1S/C36H28/c1-3-10-25(11-4-1)20-22-28-24-29-16-9-18-32-31-17-7-14-27-15-8-19-33(34(27)31)36(35(29)32)30(28)23-21-26-12-5-2-6-13-26/h1-19,24H,20-23H2. The molecule has 0 aliphatic rings. The molecule has 0 saturated carbocycles. The van der Waals surface area contributed by atoms with Crippen LogP contribution < -0.4 is 0 Å². The van der Waals surface area contributed by atoms with E-state index in [9.17, 15) is 0 Å². The fourth-order valence-corrected chi connectivity index (χ4v) is 6.20. The Kier molecular flexibility index (Phi) is 5.17. The van der Waals surface area contributed by atoms with E-state index in [0.717, 1.165) is 25.7 Å². The molecule has 0 heterocycles. The van der Waals surface area contributed by atoms with E-state index in [1.54, 1.807) is 0 Å². The van der Waals surface area contributed by atoms with Crippen molar-refractivity contribution in [1.29, 1.82) is 0 Å². The maximum atomic E-state index is 2.49. The summed E-state index contributed by atoms with van der Waals surface area (Å²) in [6, 6.07) is 44.8. The summed E-state index contributed by atoms with van der Waals surface area (Å²) >= 11 is 0. The Morgan fingerprint density at radius 3 is 1.58 bits per heavy atom. The van der Waals surface area contributed by atoms with Gasteiger partial charge >= 0.3 is 0 Å². The largest absolute Gasteiger partial charge is 0.0622 e. The predicted molar refractivity (Wildman–Crippen MR) is 155 cm³/mol. The molecule has 0 unspecified atom stereocenters. The van der Waals surface area contributed by atoms with Crippen LogP contribution >= 0.6 is 0 Å². The van der Waals surface area contributed by atoms with Gasteiger partial charge in [0.05, 0.1) is 0 Å². The molecule has 0 saturated heterocycles. The summed E-state index contributed by atoms with van der Waals surface area (Å²) in [4.78, 5) is 0. The molecule has 0 bridgehead atoms. The number of benzene rings is 7. The summed E-state index contributed by atoms with van der Waals surface area (Å²) in [6.45, 7) is 0. The second kappa shape index (κ2) is 8.81. The maximum Gasteiger partial charge on any atom is -0.00234 e. The number of hydrogen-bond acceptors (Lipinski definition) is 0. The van der Waals surface area contributed by atoms with Crippen LogP contribution in [-0.4, -0.2) is 0 Å². The van der Waals surface area contributed by atoms with Crippen LogP contribution in [0.25, 0.3) is 43.1 Å². The van der Waals surface area contributed by atoms with Crippen LogP contribution in [0.3, 0.4) is 0 Å². The quantitative estimate of drug-likeness (QED) is 0.171. The number of fused-ring (bicyclic) bond motifs is 2. The monoisotopic (exact) mass is 460 g/mol. The minimum absolute atomic E-state index is 1.05. The first-order valence-electron chi connectivity index (χ1n) is 13.0. The van der Waals surface area contributed by atoms with Crippen LogP contribution in [0.1, 0.15) is 22.3 Å². The van der Waals surface area contributed by atoms with Gasteiger partial charge < -0.3 is 0 Å². The molecule has 7 aromatic carbocycles. The lowest BCUT2D eigenvalue weighted by Gasteiger charge is -2.20. The second-order valence-corrected chi connectivity index (χ2v) is 9.97. The summed E-state index contributed by atoms with van der Waals surface area (Å²) in [5.74, 6) is 0. The van der Waals surface area contributed by atoms with Crippen molar-refractivity contribution in [1.82, 2.24) is 0 Å². The van der Waals surface area contributed by atoms with Crippen molar-refractivity contribution in [3.63, 3.8) is 0 Å². The number of aryl methyl sites for hydroxylation is 4. The Morgan fingerprint density at radius 1 is 0.361 bits per heavy atom. The van der Waals surface area contributed by atoms with Gasteiger partial charge in [-0.2, -0.15) is 0 Å². The van der Waals surface area contributed by atoms with Crippen LogP contribution in [0.4, 0.5) is 0 Å². The molecule has 172 valence electrons. The van der Waals surface area contributed by atoms with Crippen LogP contribution in [0.2, 0.25) is 0 Å². The van der Waals surface area contributed by atoms with Crippen LogP contribution in [0, 0.1) is 0 Å². The Labute approximate surface area is 212 Å². The van der Waals surface area contributed by atoms with E-state index in [-0.39, 0.29) is 0 Å². The molecular weight excluding hydrogens is 432 g/mol. The van der Waals surface area contributed by atoms with Gasteiger partial charge in [0.1, 0.15) is 0 Å². The van der Waals surface area contributed by atoms with Gasteiger partial charge in [-0.15, -0.1) is 0 Å². The summed E-state index contributed by atoms with van der Waals surface area (Å²) in [6.07, 6.45) is 4.22. The minimum atomic E-state index is 1.05. The molecule has 0 spiro atoms. The maximum absolute atomic E-state index is 2.49. The first-order chi connectivity index (χ1) is 17.9. The molecule has 0 nitrogen and oxygen atoms in total. The van der Waals surface area contributed by atoms with E-state index < -0.39 is 0 Å². The van der Waals surface area contributed by atoms with E-state index in [0.29, 0.717) is 0 Å². The van der Waals surface area contributed by atoms with Crippen LogP contribution in [0.5, 0.6) is 0 Å². The van der Waals surface area contributed by atoms with Crippen molar-refractivity contribution >= 4 is 43.1 Å². The van der Waals surface area contributed by atoms with Crippen molar-refractivity contribution in [2.45, 2.75) is 25.7 Å². The van der Waals surface area contributed by atoms with Gasteiger partial charge in [0.25, 0.3) is 0 Å². The third-order valence-electron chi connectivity index (χ3n) is 7.86. The summed E-state index contributed by atoms with van der Waals surface area (Å²) in [7, 11) is 0. The van der Waals surface area contributed by atoms with E-state index in [4.69, 9.17) is 0 Å². The predicted octanol–water partition coefficient (Wildman–Crippen LogP) is 9.31. The fourth-order valence-electron chi connectivity index (χ4n) is 6.20. The molecule has 0 radical (unpaired) electrons. The third-order valence-corrected chi connectivity index (χ3v) is 7.86. The highest BCUT2D eigenvalue weighted by atomic mass is 14.2. The Hall–Kier alpha value is -4.16. The van der Waals surface area contributed by atoms with Crippen molar-refractivity contribution in [3.05, 3.63) is 144 Å². The molecule has 0 aromatic heterocycles. The molecule has 7 aromatic rings. The zero-order valence-corrected chi connectivity index (χ0v) is 20.4. The molecule has 0 aliphatic carbocycles. The molecular formula is C36H28. The Balaban J connectivity index is 1.51. The van der Waals surface area contributed by atoms with E-state index >= 15 is 0 Å². The van der Waals surface area contributed by atoms with Gasteiger partial charge in [-0.3, -0.25) is 0 Å². The van der Waals surface area contributed by atoms with Crippen molar-refractivity contribution in [3.8, 4) is 0 Å². The first kappa shape index (κ1) is 21.1. The molecule has 36 heavy (non-hydrogen) atoms. The van der Waals surface area contributed by atoms with Crippen LogP contribution in [0.15, 0.2) is 121 Å². The highest BCUT2D eigenvalue weighted by Gasteiger charge is 2.18. The van der Waals surface area contributed by atoms with Gasteiger partial charge in [0.15, 0.2) is 0 Å². The Morgan fingerprint density at radius 2 is 0.917 bits per heavy atom. The lowest BCUT2D eigenvalue weighted by atomic mass is 9.83. The summed E-state index contributed by atoms with van der Waals surface area (Å²) < 4.78 is 0. The minimum Gasteiger partial charge on any atom is -0.0622 e. The zero-order chi connectivity index (χ0) is 23.9. The normalized spacial score (nSPS) is 11.8. The molecule has 0 heteroatoms. The molecule has 7 rings (SSSR count). The van der Waals surface area contributed by atoms with Gasteiger partial charge in [-0.25, -0.2) is 0 Å². The molecule has 0 amide bonds. The SMILES string of the molecule is c1ccc(CCc2cc3cccc4c5cccc6cccc(c(c2CCc2ccccc2)c34)c65)cc1.